The third kappa shape index (κ3) is 1.01. The smallest absolute Gasteiger partial charge is 0.272 e. The minimum absolute atomic E-state index is 0.0415. The topological polar surface area (TPSA) is 54.3 Å². The van der Waals surface area contributed by atoms with Gasteiger partial charge in [-0.15, -0.1) is 0 Å². The zero-order valence-corrected chi connectivity index (χ0v) is 7.86. The van der Waals surface area contributed by atoms with Crippen LogP contribution < -0.4 is 5.56 Å². The summed E-state index contributed by atoms with van der Waals surface area (Å²) in [5, 5.41) is 0. The normalized spacial score (nSPS) is 14.5. The van der Waals surface area contributed by atoms with Crippen molar-refractivity contribution < 1.29 is 4.79 Å². The van der Waals surface area contributed by atoms with Gasteiger partial charge in [0.25, 0.3) is 5.56 Å². The molecule has 0 fully saturated rings. The van der Waals surface area contributed by atoms with Gasteiger partial charge < -0.3 is 9.38 Å². The molecule has 0 saturated carbocycles. The molecule has 2 aromatic heterocycles. The fraction of sp³-hybridized carbons (Fsp3) is 0.0909. The molecule has 1 N–H and O–H groups in total. The lowest BCUT2D eigenvalue weighted by atomic mass is 10.1. The zero-order chi connectivity index (χ0) is 10.4. The lowest BCUT2D eigenvalue weighted by molar-refractivity contribution is 0.0989. The molecule has 0 aromatic carbocycles. The van der Waals surface area contributed by atoms with E-state index in [1.807, 2.05) is 12.2 Å². The largest absolute Gasteiger partial charge is 0.316 e. The number of hydrogen-bond acceptors (Lipinski definition) is 2. The summed E-state index contributed by atoms with van der Waals surface area (Å²) in [5.74, 6) is -0.0415. The van der Waals surface area contributed by atoms with Gasteiger partial charge in [-0.25, -0.2) is 0 Å². The van der Waals surface area contributed by atoms with E-state index in [-0.39, 0.29) is 11.3 Å². The number of nitrogens with zero attached hydrogens (tertiary/aromatic N) is 1. The number of carbonyl (C=O) groups is 1. The third-order valence-electron chi connectivity index (χ3n) is 2.59. The minimum atomic E-state index is -0.220. The number of fused-ring (bicyclic) bond motifs is 3. The van der Waals surface area contributed by atoms with Crippen molar-refractivity contribution in [2.45, 2.75) is 6.42 Å². The highest BCUT2D eigenvalue weighted by Gasteiger charge is 2.17. The summed E-state index contributed by atoms with van der Waals surface area (Å²) in [6, 6.07) is 3.52. The van der Waals surface area contributed by atoms with Crippen LogP contribution in [0.15, 0.2) is 29.2 Å². The maximum atomic E-state index is 11.6. The SMILES string of the molecule is O=C1CC=Cc2c1[nH]c(=O)c1cccn21. The average Bonchev–Trinajstić information content (AvgIpc) is 2.69. The van der Waals surface area contributed by atoms with Gasteiger partial charge in [0.15, 0.2) is 5.78 Å². The van der Waals surface area contributed by atoms with Crippen LogP contribution in [0.25, 0.3) is 11.6 Å². The van der Waals surface area contributed by atoms with Gasteiger partial charge in [-0.2, -0.15) is 0 Å². The number of aromatic amines is 1. The van der Waals surface area contributed by atoms with E-state index in [0.29, 0.717) is 17.6 Å². The summed E-state index contributed by atoms with van der Waals surface area (Å²) in [7, 11) is 0. The second kappa shape index (κ2) is 2.70. The standard InChI is InChI=1S/C11H8N2O2/c14-9-5-1-3-7-10(9)12-11(15)8-4-2-6-13(7)8/h1-4,6H,5H2,(H,12,15). The number of hydrogen-bond donors (Lipinski definition) is 1. The van der Waals surface area contributed by atoms with Gasteiger partial charge in [0, 0.05) is 12.6 Å². The summed E-state index contributed by atoms with van der Waals surface area (Å²) in [6.07, 6.45) is 5.81. The highest BCUT2D eigenvalue weighted by molar-refractivity contribution is 6.00. The molecule has 4 heteroatoms. The first kappa shape index (κ1) is 8.23. The predicted octanol–water partition coefficient (Wildman–Crippen LogP) is 1.23. The minimum Gasteiger partial charge on any atom is -0.316 e. The lowest BCUT2D eigenvalue weighted by Gasteiger charge is -2.10. The van der Waals surface area contributed by atoms with E-state index in [1.165, 1.54) is 0 Å². The van der Waals surface area contributed by atoms with Crippen LogP contribution >= 0.6 is 0 Å². The maximum Gasteiger partial charge on any atom is 0.272 e. The van der Waals surface area contributed by atoms with E-state index in [9.17, 15) is 9.59 Å². The van der Waals surface area contributed by atoms with Crippen molar-refractivity contribution in [1.82, 2.24) is 9.38 Å². The first-order chi connectivity index (χ1) is 7.27. The molecule has 0 bridgehead atoms. The van der Waals surface area contributed by atoms with Crippen LogP contribution in [0.4, 0.5) is 0 Å². The summed E-state index contributed by atoms with van der Waals surface area (Å²) < 4.78 is 1.74. The Balaban J connectivity index is 2.55. The molecule has 0 radical (unpaired) electrons. The molecule has 3 rings (SSSR count). The molecule has 1 aliphatic rings. The van der Waals surface area contributed by atoms with Crippen LogP contribution in [-0.2, 0) is 0 Å². The molecule has 0 saturated heterocycles. The Morgan fingerprint density at radius 1 is 1.33 bits per heavy atom. The Bertz CT molecular complexity index is 646. The number of carbonyl (C=O) groups excluding carboxylic acids is 1. The molecule has 0 aliphatic heterocycles. The van der Waals surface area contributed by atoms with E-state index in [2.05, 4.69) is 4.98 Å². The van der Waals surface area contributed by atoms with Crippen molar-refractivity contribution >= 4 is 17.4 Å². The summed E-state index contributed by atoms with van der Waals surface area (Å²) in [4.78, 5) is 25.8. The van der Waals surface area contributed by atoms with Crippen LogP contribution in [0.3, 0.4) is 0 Å². The molecular formula is C11H8N2O2. The van der Waals surface area contributed by atoms with Crippen molar-refractivity contribution in [3.05, 3.63) is 46.1 Å². The Labute approximate surface area is 84.9 Å². The summed E-state index contributed by atoms with van der Waals surface area (Å²) >= 11 is 0. The first-order valence-corrected chi connectivity index (χ1v) is 4.70. The number of rotatable bonds is 0. The highest BCUT2D eigenvalue weighted by atomic mass is 16.1. The van der Waals surface area contributed by atoms with Crippen LogP contribution in [0, 0.1) is 0 Å². The van der Waals surface area contributed by atoms with Gasteiger partial charge in [0.05, 0.1) is 5.69 Å². The second-order valence-electron chi connectivity index (χ2n) is 3.51. The van der Waals surface area contributed by atoms with Crippen molar-refractivity contribution in [2.75, 3.05) is 0 Å². The number of Topliss-reactive ketones (excluding diaryl/α,β-unsaturated/α-hetero) is 1. The van der Waals surface area contributed by atoms with E-state index in [0.717, 1.165) is 5.69 Å². The third-order valence-corrected chi connectivity index (χ3v) is 2.59. The Morgan fingerprint density at radius 2 is 2.20 bits per heavy atom. The number of ketones is 1. The molecule has 15 heavy (non-hydrogen) atoms. The summed E-state index contributed by atoms with van der Waals surface area (Å²) in [5.41, 5.74) is 1.51. The Hall–Kier alpha value is -2.10. The molecule has 0 atom stereocenters. The van der Waals surface area contributed by atoms with Gasteiger partial charge in [-0.05, 0) is 18.2 Å². The van der Waals surface area contributed by atoms with E-state index in [4.69, 9.17) is 0 Å². The van der Waals surface area contributed by atoms with Crippen LogP contribution in [-0.4, -0.2) is 15.2 Å². The second-order valence-corrected chi connectivity index (χ2v) is 3.51. The van der Waals surface area contributed by atoms with E-state index in [1.54, 1.807) is 22.7 Å². The molecule has 74 valence electrons. The van der Waals surface area contributed by atoms with Crippen molar-refractivity contribution in [3.8, 4) is 0 Å². The van der Waals surface area contributed by atoms with Gasteiger partial charge in [0.1, 0.15) is 11.2 Å². The van der Waals surface area contributed by atoms with Gasteiger partial charge in [-0.3, -0.25) is 9.59 Å². The van der Waals surface area contributed by atoms with Crippen molar-refractivity contribution in [1.29, 1.82) is 0 Å². The van der Waals surface area contributed by atoms with Gasteiger partial charge in [0.2, 0.25) is 0 Å². The molecule has 0 spiro atoms. The van der Waals surface area contributed by atoms with Crippen molar-refractivity contribution in [2.24, 2.45) is 0 Å². The molecule has 4 nitrogen and oxygen atoms in total. The number of allylic oxidation sites excluding steroid dienone is 1. The van der Waals surface area contributed by atoms with Gasteiger partial charge in [-0.1, -0.05) is 6.08 Å². The molecular weight excluding hydrogens is 192 g/mol. The monoisotopic (exact) mass is 200 g/mol. The van der Waals surface area contributed by atoms with Crippen LogP contribution in [0.5, 0.6) is 0 Å². The lowest BCUT2D eigenvalue weighted by Crippen LogP contribution is -2.20. The van der Waals surface area contributed by atoms with Crippen LogP contribution in [0.2, 0.25) is 0 Å². The highest BCUT2D eigenvalue weighted by Crippen LogP contribution is 2.17. The fourth-order valence-corrected chi connectivity index (χ4v) is 1.89. The number of aromatic nitrogens is 2. The van der Waals surface area contributed by atoms with Crippen molar-refractivity contribution in [3.63, 3.8) is 0 Å². The molecule has 0 unspecified atom stereocenters. The number of H-pyrrole nitrogens is 1. The van der Waals surface area contributed by atoms with Crippen LogP contribution in [0.1, 0.15) is 22.6 Å². The molecule has 2 aromatic rings. The Kier molecular flexibility index (Phi) is 1.48. The molecule has 1 aliphatic carbocycles. The first-order valence-electron chi connectivity index (χ1n) is 4.70. The van der Waals surface area contributed by atoms with E-state index >= 15 is 0 Å². The zero-order valence-electron chi connectivity index (χ0n) is 7.86. The average molecular weight is 200 g/mol. The molecule has 0 amide bonds. The Morgan fingerprint density at radius 3 is 3.07 bits per heavy atom. The quantitative estimate of drug-likeness (QED) is 0.695. The summed E-state index contributed by atoms with van der Waals surface area (Å²) in [6.45, 7) is 0. The predicted molar refractivity (Wildman–Crippen MR) is 56.0 cm³/mol. The molecule has 2 heterocycles. The maximum absolute atomic E-state index is 11.6. The van der Waals surface area contributed by atoms with Gasteiger partial charge >= 0.3 is 0 Å². The van der Waals surface area contributed by atoms with E-state index < -0.39 is 0 Å². The number of nitrogens with one attached hydrogen (secondary N) is 1. The fourth-order valence-electron chi connectivity index (χ4n) is 1.89.